The van der Waals surface area contributed by atoms with Crippen LogP contribution in [-0.4, -0.2) is 18.3 Å². The van der Waals surface area contributed by atoms with Gasteiger partial charge in [-0.1, -0.05) is 30.7 Å². The van der Waals surface area contributed by atoms with E-state index in [9.17, 15) is 0 Å². The van der Waals surface area contributed by atoms with Crippen LogP contribution < -0.4 is 4.74 Å². The van der Waals surface area contributed by atoms with E-state index in [4.69, 9.17) is 9.84 Å². The Labute approximate surface area is 109 Å². The maximum absolute atomic E-state index is 8.78. The Morgan fingerprint density at radius 2 is 2.11 bits per heavy atom. The number of aryl methyl sites for hydroxylation is 1. The molecule has 1 fully saturated rings. The van der Waals surface area contributed by atoms with Crippen LogP contribution in [0.4, 0.5) is 0 Å². The molecule has 2 rings (SSSR count). The van der Waals surface area contributed by atoms with Gasteiger partial charge in [-0.3, -0.25) is 0 Å². The van der Waals surface area contributed by atoms with Crippen molar-refractivity contribution in [3.8, 4) is 17.6 Å². The van der Waals surface area contributed by atoms with Gasteiger partial charge in [0.25, 0.3) is 0 Å². The molecule has 0 saturated heterocycles. The summed E-state index contributed by atoms with van der Waals surface area (Å²) in [6.45, 7) is 2.71. The molecule has 1 saturated carbocycles. The van der Waals surface area contributed by atoms with E-state index in [0.29, 0.717) is 5.92 Å². The molecule has 2 heteroatoms. The summed E-state index contributed by atoms with van der Waals surface area (Å²) in [7, 11) is 0. The van der Waals surface area contributed by atoms with Crippen LogP contribution in [0.5, 0.6) is 5.75 Å². The minimum atomic E-state index is -0.115. The van der Waals surface area contributed by atoms with Gasteiger partial charge in [-0.05, 0) is 43.4 Å². The molecule has 0 heterocycles. The van der Waals surface area contributed by atoms with Gasteiger partial charge in [-0.15, -0.1) is 0 Å². The van der Waals surface area contributed by atoms with Crippen LogP contribution in [0.15, 0.2) is 18.2 Å². The smallest absolute Gasteiger partial charge is 0.134 e. The zero-order valence-corrected chi connectivity index (χ0v) is 10.9. The molecule has 96 valence electrons. The summed E-state index contributed by atoms with van der Waals surface area (Å²) in [5.41, 5.74) is 2.03. The maximum Gasteiger partial charge on any atom is 0.134 e. The predicted octanol–water partition coefficient (Wildman–Crippen LogP) is 2.91. The Kier molecular flexibility index (Phi) is 4.66. The van der Waals surface area contributed by atoms with Crippen LogP contribution in [0.3, 0.4) is 0 Å². The molecule has 1 aliphatic rings. The number of rotatable bonds is 3. The Hall–Kier alpha value is -1.46. The Balaban J connectivity index is 2.05. The SMILES string of the molecule is Cc1ccc(OCC2CCCC2)c(C#CCO)c1. The van der Waals surface area contributed by atoms with E-state index in [1.54, 1.807) is 0 Å². The number of aliphatic hydroxyl groups is 1. The first-order valence-electron chi connectivity index (χ1n) is 6.63. The molecule has 0 aromatic heterocycles. The molecule has 2 nitrogen and oxygen atoms in total. The van der Waals surface area contributed by atoms with Crippen molar-refractivity contribution in [3.63, 3.8) is 0 Å². The quantitative estimate of drug-likeness (QED) is 0.828. The summed E-state index contributed by atoms with van der Waals surface area (Å²) in [4.78, 5) is 0. The molecule has 1 aromatic rings. The van der Waals surface area contributed by atoms with E-state index in [1.807, 2.05) is 25.1 Å². The Bertz CT molecular complexity index is 448. The fraction of sp³-hybridized carbons (Fsp3) is 0.500. The van der Waals surface area contributed by atoms with Crippen molar-refractivity contribution in [2.24, 2.45) is 5.92 Å². The van der Waals surface area contributed by atoms with E-state index in [1.165, 1.54) is 25.7 Å². The van der Waals surface area contributed by atoms with Gasteiger partial charge in [-0.2, -0.15) is 0 Å². The van der Waals surface area contributed by atoms with Gasteiger partial charge in [0, 0.05) is 0 Å². The van der Waals surface area contributed by atoms with Crippen LogP contribution >= 0.6 is 0 Å². The van der Waals surface area contributed by atoms with Crippen LogP contribution in [-0.2, 0) is 0 Å². The van der Waals surface area contributed by atoms with E-state index < -0.39 is 0 Å². The van der Waals surface area contributed by atoms with Gasteiger partial charge in [0.2, 0.25) is 0 Å². The minimum Gasteiger partial charge on any atom is -0.492 e. The summed E-state index contributed by atoms with van der Waals surface area (Å²) >= 11 is 0. The molecule has 1 aliphatic carbocycles. The molecule has 0 amide bonds. The molecule has 1 N–H and O–H groups in total. The molecule has 0 aliphatic heterocycles. The molecule has 0 spiro atoms. The highest BCUT2D eigenvalue weighted by atomic mass is 16.5. The van der Waals surface area contributed by atoms with Gasteiger partial charge >= 0.3 is 0 Å². The lowest BCUT2D eigenvalue weighted by Crippen LogP contribution is -2.08. The summed E-state index contributed by atoms with van der Waals surface area (Å²) in [5, 5.41) is 8.78. The zero-order chi connectivity index (χ0) is 12.8. The third kappa shape index (κ3) is 3.51. The van der Waals surface area contributed by atoms with Crippen molar-refractivity contribution >= 4 is 0 Å². The highest BCUT2D eigenvalue weighted by Gasteiger charge is 2.16. The lowest BCUT2D eigenvalue weighted by molar-refractivity contribution is 0.251. The Morgan fingerprint density at radius 1 is 1.33 bits per heavy atom. The molecule has 0 unspecified atom stereocenters. The van der Waals surface area contributed by atoms with Crippen LogP contribution in [0.2, 0.25) is 0 Å². The minimum absolute atomic E-state index is 0.115. The van der Waals surface area contributed by atoms with E-state index >= 15 is 0 Å². The van der Waals surface area contributed by atoms with Gasteiger partial charge in [-0.25, -0.2) is 0 Å². The summed E-state index contributed by atoms with van der Waals surface area (Å²) < 4.78 is 5.89. The van der Waals surface area contributed by atoms with Crippen molar-refractivity contribution in [3.05, 3.63) is 29.3 Å². The summed E-state index contributed by atoms with van der Waals surface area (Å²) in [6.07, 6.45) is 5.23. The predicted molar refractivity (Wildman–Crippen MR) is 72.6 cm³/mol. The lowest BCUT2D eigenvalue weighted by Gasteiger charge is -2.13. The molecular formula is C16H20O2. The average Bonchev–Trinajstić information content (AvgIpc) is 2.88. The second-order valence-electron chi connectivity index (χ2n) is 4.92. The normalized spacial score (nSPS) is 15.2. The number of aliphatic hydroxyl groups excluding tert-OH is 1. The summed E-state index contributed by atoms with van der Waals surface area (Å²) in [6, 6.07) is 6.02. The van der Waals surface area contributed by atoms with Crippen molar-refractivity contribution < 1.29 is 9.84 Å². The molecule has 0 bridgehead atoms. The average molecular weight is 244 g/mol. The number of hydrogen-bond donors (Lipinski definition) is 1. The lowest BCUT2D eigenvalue weighted by atomic mass is 10.1. The standard InChI is InChI=1S/C16H20O2/c1-13-8-9-16(15(11-13)7-4-10-17)18-12-14-5-2-3-6-14/h8-9,11,14,17H,2-3,5-6,10,12H2,1H3. The van der Waals surface area contributed by atoms with Gasteiger partial charge in [0.05, 0.1) is 12.2 Å². The molecular weight excluding hydrogens is 224 g/mol. The monoisotopic (exact) mass is 244 g/mol. The van der Waals surface area contributed by atoms with Crippen molar-refractivity contribution in [2.75, 3.05) is 13.2 Å². The number of benzene rings is 1. The topological polar surface area (TPSA) is 29.5 Å². The third-order valence-electron chi connectivity index (χ3n) is 3.39. The molecule has 18 heavy (non-hydrogen) atoms. The Morgan fingerprint density at radius 3 is 2.83 bits per heavy atom. The highest BCUT2D eigenvalue weighted by molar-refractivity contribution is 5.48. The number of hydrogen-bond acceptors (Lipinski definition) is 2. The van der Waals surface area contributed by atoms with E-state index in [2.05, 4.69) is 11.8 Å². The van der Waals surface area contributed by atoms with E-state index in [-0.39, 0.29) is 6.61 Å². The first-order valence-corrected chi connectivity index (χ1v) is 6.63. The van der Waals surface area contributed by atoms with Crippen molar-refractivity contribution in [1.29, 1.82) is 0 Å². The zero-order valence-electron chi connectivity index (χ0n) is 10.9. The van der Waals surface area contributed by atoms with Gasteiger partial charge in [0.1, 0.15) is 12.4 Å². The molecule has 0 radical (unpaired) electrons. The first kappa shape index (κ1) is 13.0. The third-order valence-corrected chi connectivity index (χ3v) is 3.39. The first-order chi connectivity index (χ1) is 8.79. The maximum atomic E-state index is 8.78. The highest BCUT2D eigenvalue weighted by Crippen LogP contribution is 2.26. The fourth-order valence-electron chi connectivity index (χ4n) is 2.39. The number of ether oxygens (including phenoxy) is 1. The van der Waals surface area contributed by atoms with Crippen LogP contribution in [0.1, 0.15) is 36.8 Å². The largest absolute Gasteiger partial charge is 0.492 e. The molecule has 1 aromatic carbocycles. The van der Waals surface area contributed by atoms with Crippen molar-refractivity contribution in [1.82, 2.24) is 0 Å². The fourth-order valence-corrected chi connectivity index (χ4v) is 2.39. The molecule has 0 atom stereocenters. The van der Waals surface area contributed by atoms with Crippen LogP contribution in [0.25, 0.3) is 0 Å². The van der Waals surface area contributed by atoms with Crippen LogP contribution in [0, 0.1) is 24.7 Å². The van der Waals surface area contributed by atoms with Gasteiger partial charge < -0.3 is 9.84 Å². The second-order valence-corrected chi connectivity index (χ2v) is 4.92. The van der Waals surface area contributed by atoms with Gasteiger partial charge in [0.15, 0.2) is 0 Å². The van der Waals surface area contributed by atoms with Crippen molar-refractivity contribution in [2.45, 2.75) is 32.6 Å². The van der Waals surface area contributed by atoms with E-state index in [0.717, 1.165) is 23.5 Å². The second kappa shape index (κ2) is 6.47. The summed E-state index contributed by atoms with van der Waals surface area (Å²) in [5.74, 6) is 7.18.